The van der Waals surface area contributed by atoms with E-state index in [9.17, 15) is 0 Å². The first-order valence-corrected chi connectivity index (χ1v) is 7.30. The van der Waals surface area contributed by atoms with E-state index in [1.54, 1.807) is 24.9 Å². The van der Waals surface area contributed by atoms with Gasteiger partial charge < -0.3 is 4.90 Å². The highest BCUT2D eigenvalue weighted by atomic mass is 15.2. The van der Waals surface area contributed by atoms with Crippen LogP contribution in [-0.4, -0.2) is 51.0 Å². The Kier molecular flexibility index (Phi) is 4.35. The van der Waals surface area contributed by atoms with E-state index in [4.69, 9.17) is 0 Å². The zero-order valence-electron chi connectivity index (χ0n) is 12.3. The maximum absolute atomic E-state index is 4.32. The number of rotatable bonds is 4. The van der Waals surface area contributed by atoms with E-state index in [0.717, 1.165) is 44.1 Å². The van der Waals surface area contributed by atoms with E-state index in [0.29, 0.717) is 6.04 Å². The molecule has 0 amide bonds. The molecule has 3 heterocycles. The molecule has 2 aromatic rings. The smallest absolute Gasteiger partial charge is 0.142 e. The maximum Gasteiger partial charge on any atom is 0.142 e. The molecule has 21 heavy (non-hydrogen) atoms. The lowest BCUT2D eigenvalue weighted by molar-refractivity contribution is 0.199. The maximum atomic E-state index is 4.32. The van der Waals surface area contributed by atoms with Crippen LogP contribution in [0.2, 0.25) is 0 Å². The molecular formula is C15H20N6. The Morgan fingerprint density at radius 2 is 1.90 bits per heavy atom. The Balaban J connectivity index is 1.53. The summed E-state index contributed by atoms with van der Waals surface area (Å²) >= 11 is 0. The van der Waals surface area contributed by atoms with Gasteiger partial charge in [0, 0.05) is 44.8 Å². The van der Waals surface area contributed by atoms with Gasteiger partial charge >= 0.3 is 0 Å². The minimum absolute atomic E-state index is 0.535. The molecule has 6 nitrogen and oxygen atoms in total. The average molecular weight is 284 g/mol. The normalized spacial score (nSPS) is 16.8. The van der Waals surface area contributed by atoms with Crippen LogP contribution in [0.25, 0.3) is 0 Å². The van der Waals surface area contributed by atoms with E-state index in [1.165, 1.54) is 0 Å². The Bertz CT molecular complexity index is 539. The van der Waals surface area contributed by atoms with Gasteiger partial charge in [0.05, 0.1) is 6.54 Å². The van der Waals surface area contributed by atoms with Gasteiger partial charge in [0.15, 0.2) is 0 Å². The van der Waals surface area contributed by atoms with Gasteiger partial charge in [-0.25, -0.2) is 19.9 Å². The van der Waals surface area contributed by atoms with Crippen molar-refractivity contribution in [1.29, 1.82) is 0 Å². The number of piperidine rings is 1. The van der Waals surface area contributed by atoms with Crippen molar-refractivity contribution in [3.63, 3.8) is 0 Å². The average Bonchev–Trinajstić information content (AvgIpc) is 2.57. The number of hydrogen-bond donors (Lipinski definition) is 0. The zero-order valence-corrected chi connectivity index (χ0v) is 12.3. The summed E-state index contributed by atoms with van der Waals surface area (Å²) in [5, 5.41) is 0. The van der Waals surface area contributed by atoms with Crippen LogP contribution >= 0.6 is 0 Å². The first-order chi connectivity index (χ1) is 10.3. The number of nitrogens with zero attached hydrogens (tertiary/aromatic N) is 6. The van der Waals surface area contributed by atoms with Crippen LogP contribution in [0.4, 0.5) is 5.82 Å². The summed E-state index contributed by atoms with van der Waals surface area (Å²) in [6.07, 6.45) is 9.27. The molecule has 0 aromatic carbocycles. The third-order valence-corrected chi connectivity index (χ3v) is 4.02. The molecule has 0 saturated carbocycles. The minimum atomic E-state index is 0.535. The fraction of sp³-hybridized carbons (Fsp3) is 0.467. The van der Waals surface area contributed by atoms with Crippen molar-refractivity contribution >= 4 is 5.82 Å². The molecule has 1 aliphatic heterocycles. The molecule has 0 N–H and O–H groups in total. The minimum Gasteiger partial charge on any atom is -0.356 e. The van der Waals surface area contributed by atoms with E-state index >= 15 is 0 Å². The van der Waals surface area contributed by atoms with Crippen LogP contribution in [0.1, 0.15) is 18.7 Å². The summed E-state index contributed by atoms with van der Waals surface area (Å²) in [5.74, 6) is 1.90. The van der Waals surface area contributed by atoms with Crippen molar-refractivity contribution in [2.24, 2.45) is 0 Å². The monoisotopic (exact) mass is 284 g/mol. The van der Waals surface area contributed by atoms with Gasteiger partial charge in [0.1, 0.15) is 18.0 Å². The Hall–Kier alpha value is -2.08. The van der Waals surface area contributed by atoms with Gasteiger partial charge in [-0.3, -0.25) is 4.90 Å². The lowest BCUT2D eigenvalue weighted by atomic mass is 10.0. The van der Waals surface area contributed by atoms with Gasteiger partial charge in [-0.15, -0.1) is 0 Å². The van der Waals surface area contributed by atoms with Crippen molar-refractivity contribution in [3.8, 4) is 0 Å². The van der Waals surface area contributed by atoms with Crippen molar-refractivity contribution in [1.82, 2.24) is 24.8 Å². The number of anilines is 1. The molecule has 0 unspecified atom stereocenters. The highest BCUT2D eigenvalue weighted by Gasteiger charge is 2.23. The third kappa shape index (κ3) is 3.52. The first-order valence-electron chi connectivity index (χ1n) is 7.30. The molecule has 6 heteroatoms. The molecule has 1 saturated heterocycles. The summed E-state index contributed by atoms with van der Waals surface area (Å²) in [4.78, 5) is 21.6. The highest BCUT2D eigenvalue weighted by Crippen LogP contribution is 2.20. The van der Waals surface area contributed by atoms with E-state index in [1.807, 2.05) is 12.1 Å². The molecule has 110 valence electrons. The summed E-state index contributed by atoms with van der Waals surface area (Å²) < 4.78 is 0. The lowest BCUT2D eigenvalue weighted by Crippen LogP contribution is -2.43. The van der Waals surface area contributed by atoms with Gasteiger partial charge in [-0.1, -0.05) is 0 Å². The van der Waals surface area contributed by atoms with Gasteiger partial charge in [-0.05, 0) is 25.0 Å². The Morgan fingerprint density at radius 3 is 2.57 bits per heavy atom. The predicted octanol–water partition coefficient (Wildman–Crippen LogP) is 1.37. The van der Waals surface area contributed by atoms with Crippen LogP contribution in [0.15, 0.2) is 37.1 Å². The lowest BCUT2D eigenvalue weighted by Gasteiger charge is -2.36. The second kappa shape index (κ2) is 6.58. The molecule has 0 spiro atoms. The molecule has 1 aliphatic rings. The second-order valence-electron chi connectivity index (χ2n) is 5.35. The number of likely N-dealkylation sites (tertiary alicyclic amines) is 1. The van der Waals surface area contributed by atoms with Crippen LogP contribution in [0.5, 0.6) is 0 Å². The topological polar surface area (TPSA) is 58.0 Å². The molecule has 0 aliphatic carbocycles. The van der Waals surface area contributed by atoms with Crippen molar-refractivity contribution in [2.45, 2.75) is 25.4 Å². The predicted molar refractivity (Wildman–Crippen MR) is 80.8 cm³/mol. The van der Waals surface area contributed by atoms with Crippen LogP contribution in [-0.2, 0) is 6.54 Å². The standard InChI is InChI=1S/C15H20N6/c1-20(15-3-8-16-12-19-15)13-4-9-21(10-5-13)11-14-17-6-2-7-18-14/h2-3,6-8,12-13H,4-5,9-11H2,1H3. The highest BCUT2D eigenvalue weighted by molar-refractivity contribution is 5.36. The molecule has 0 radical (unpaired) electrons. The first kappa shape index (κ1) is 13.9. The number of aromatic nitrogens is 4. The van der Waals surface area contributed by atoms with E-state index in [-0.39, 0.29) is 0 Å². The second-order valence-corrected chi connectivity index (χ2v) is 5.35. The quantitative estimate of drug-likeness (QED) is 0.845. The zero-order chi connectivity index (χ0) is 14.5. The third-order valence-electron chi connectivity index (χ3n) is 4.02. The molecule has 3 rings (SSSR count). The molecule has 1 fully saturated rings. The molecular weight excluding hydrogens is 264 g/mol. The fourth-order valence-corrected chi connectivity index (χ4v) is 2.76. The van der Waals surface area contributed by atoms with Crippen molar-refractivity contribution in [2.75, 3.05) is 25.0 Å². The summed E-state index contributed by atoms with van der Waals surface area (Å²) in [5.41, 5.74) is 0. The largest absolute Gasteiger partial charge is 0.356 e. The van der Waals surface area contributed by atoms with Crippen LogP contribution in [0.3, 0.4) is 0 Å². The Morgan fingerprint density at radius 1 is 1.14 bits per heavy atom. The molecule has 2 aromatic heterocycles. The van der Waals surface area contributed by atoms with Crippen molar-refractivity contribution < 1.29 is 0 Å². The number of hydrogen-bond acceptors (Lipinski definition) is 6. The van der Waals surface area contributed by atoms with Gasteiger partial charge in [-0.2, -0.15) is 0 Å². The summed E-state index contributed by atoms with van der Waals surface area (Å²) in [6, 6.07) is 4.35. The SMILES string of the molecule is CN(c1ccncn1)C1CCN(Cc2ncccn2)CC1. The van der Waals surface area contributed by atoms with E-state index < -0.39 is 0 Å². The van der Waals surface area contributed by atoms with Crippen molar-refractivity contribution in [3.05, 3.63) is 42.9 Å². The van der Waals surface area contributed by atoms with Gasteiger partial charge in [0.2, 0.25) is 0 Å². The molecule has 0 atom stereocenters. The van der Waals surface area contributed by atoms with Crippen LogP contribution < -0.4 is 4.90 Å². The molecule has 0 bridgehead atoms. The van der Waals surface area contributed by atoms with E-state index in [2.05, 4.69) is 36.8 Å². The Labute approximate surface area is 124 Å². The van der Waals surface area contributed by atoms with Gasteiger partial charge in [0.25, 0.3) is 0 Å². The fourth-order valence-electron chi connectivity index (χ4n) is 2.76. The van der Waals surface area contributed by atoms with Crippen LogP contribution in [0, 0.1) is 0 Å². The summed E-state index contributed by atoms with van der Waals surface area (Å²) in [6.45, 7) is 2.97. The summed E-state index contributed by atoms with van der Waals surface area (Å²) in [7, 11) is 2.11.